The normalized spacial score (nSPS) is 11.9. The molecule has 0 bridgehead atoms. The minimum absolute atomic E-state index is 0.206. The fourth-order valence-electron chi connectivity index (χ4n) is 2.81. The SMILES string of the molecule is COc1ccc(/C=C/C(=O)Nc2ccc(S(=O)(=O)Nc3ccc(Cl)c(C(F)(F)F)c3)cc2)cc1. The second-order valence-electron chi connectivity index (χ2n) is 6.92. The molecule has 0 saturated carbocycles. The van der Waals surface area contributed by atoms with Crippen molar-refractivity contribution in [3.63, 3.8) is 0 Å². The van der Waals surface area contributed by atoms with E-state index in [0.29, 0.717) is 17.5 Å². The van der Waals surface area contributed by atoms with Crippen LogP contribution in [0.5, 0.6) is 5.75 Å². The van der Waals surface area contributed by atoms with Gasteiger partial charge in [0.05, 0.1) is 22.6 Å². The summed E-state index contributed by atoms with van der Waals surface area (Å²) in [5, 5.41) is 2.04. The number of sulfonamides is 1. The fraction of sp³-hybridized carbons (Fsp3) is 0.0870. The summed E-state index contributed by atoms with van der Waals surface area (Å²) in [6, 6.07) is 14.9. The summed E-state index contributed by atoms with van der Waals surface area (Å²) in [6.45, 7) is 0. The van der Waals surface area contributed by atoms with Gasteiger partial charge in [0.15, 0.2) is 0 Å². The number of ether oxygens (including phenoxy) is 1. The van der Waals surface area contributed by atoms with Crippen LogP contribution in [0.1, 0.15) is 11.1 Å². The van der Waals surface area contributed by atoms with Gasteiger partial charge in [-0.1, -0.05) is 23.7 Å². The molecule has 3 aromatic carbocycles. The first-order valence-corrected chi connectivity index (χ1v) is 11.5. The molecule has 3 rings (SSSR count). The fourth-order valence-corrected chi connectivity index (χ4v) is 4.08. The predicted molar refractivity (Wildman–Crippen MR) is 124 cm³/mol. The van der Waals surface area contributed by atoms with Gasteiger partial charge in [0.2, 0.25) is 5.91 Å². The Morgan fingerprint density at radius 2 is 1.59 bits per heavy atom. The molecule has 0 aromatic heterocycles. The molecule has 0 heterocycles. The zero-order valence-corrected chi connectivity index (χ0v) is 19.1. The van der Waals surface area contributed by atoms with Crippen LogP contribution in [-0.4, -0.2) is 21.4 Å². The molecule has 0 unspecified atom stereocenters. The summed E-state index contributed by atoms with van der Waals surface area (Å²) < 4.78 is 71.3. The number of alkyl halides is 3. The minimum Gasteiger partial charge on any atom is -0.497 e. The van der Waals surface area contributed by atoms with Gasteiger partial charge in [-0.15, -0.1) is 0 Å². The van der Waals surface area contributed by atoms with Crippen molar-refractivity contribution in [3.8, 4) is 5.75 Å². The molecular formula is C23H18ClF3N2O4S. The standard InChI is InChI=1S/C23H18ClF3N2O4S/c1-33-18-8-2-15(3-9-18)4-13-22(30)28-16-5-10-19(11-6-16)34(31,32)29-17-7-12-21(24)20(14-17)23(25,26)27/h2-14,29H,1H3,(H,28,30)/b13-4+. The van der Waals surface area contributed by atoms with Gasteiger partial charge in [-0.05, 0) is 66.2 Å². The largest absolute Gasteiger partial charge is 0.497 e. The zero-order chi connectivity index (χ0) is 24.9. The molecule has 0 aliphatic carbocycles. The Bertz CT molecular complexity index is 1310. The lowest BCUT2D eigenvalue weighted by atomic mass is 10.2. The van der Waals surface area contributed by atoms with Gasteiger partial charge in [0, 0.05) is 17.5 Å². The second kappa shape index (κ2) is 10.2. The summed E-state index contributed by atoms with van der Waals surface area (Å²) >= 11 is 5.56. The van der Waals surface area contributed by atoms with Crippen molar-refractivity contribution in [1.29, 1.82) is 0 Å². The highest BCUT2D eigenvalue weighted by Gasteiger charge is 2.33. The smallest absolute Gasteiger partial charge is 0.417 e. The van der Waals surface area contributed by atoms with Crippen molar-refractivity contribution in [2.24, 2.45) is 0 Å². The molecule has 0 saturated heterocycles. The maximum atomic E-state index is 13.0. The van der Waals surface area contributed by atoms with Crippen LogP contribution < -0.4 is 14.8 Å². The van der Waals surface area contributed by atoms with E-state index in [1.807, 2.05) is 0 Å². The maximum Gasteiger partial charge on any atom is 0.417 e. The Labute approximate surface area is 199 Å². The molecule has 0 atom stereocenters. The molecule has 0 aliphatic heterocycles. The molecule has 3 aromatic rings. The molecule has 2 N–H and O–H groups in total. The quantitative estimate of drug-likeness (QED) is 0.392. The second-order valence-corrected chi connectivity index (χ2v) is 9.01. The predicted octanol–water partition coefficient (Wildman–Crippen LogP) is 5.82. The van der Waals surface area contributed by atoms with Crippen molar-refractivity contribution in [2.45, 2.75) is 11.1 Å². The maximum absolute atomic E-state index is 13.0. The van der Waals surface area contributed by atoms with Gasteiger partial charge in [-0.3, -0.25) is 9.52 Å². The van der Waals surface area contributed by atoms with Crippen molar-refractivity contribution >= 4 is 45.0 Å². The highest BCUT2D eigenvalue weighted by Crippen LogP contribution is 2.36. The summed E-state index contributed by atoms with van der Waals surface area (Å²) in [4.78, 5) is 11.9. The van der Waals surface area contributed by atoms with Gasteiger partial charge >= 0.3 is 6.18 Å². The molecule has 0 fully saturated rings. The van der Waals surface area contributed by atoms with Crippen LogP contribution >= 0.6 is 11.6 Å². The third-order valence-corrected chi connectivity index (χ3v) is 6.23. The van der Waals surface area contributed by atoms with E-state index in [4.69, 9.17) is 16.3 Å². The van der Waals surface area contributed by atoms with Gasteiger partial charge < -0.3 is 10.1 Å². The van der Waals surface area contributed by atoms with Crippen LogP contribution in [0.15, 0.2) is 77.7 Å². The molecule has 34 heavy (non-hydrogen) atoms. The third kappa shape index (κ3) is 6.52. The van der Waals surface area contributed by atoms with E-state index >= 15 is 0 Å². The lowest BCUT2D eigenvalue weighted by molar-refractivity contribution is -0.137. The van der Waals surface area contributed by atoms with Crippen LogP contribution in [0.2, 0.25) is 5.02 Å². The third-order valence-electron chi connectivity index (χ3n) is 4.50. The Kier molecular flexibility index (Phi) is 7.53. The molecule has 11 heteroatoms. The first kappa shape index (κ1) is 25.1. The number of methoxy groups -OCH3 is 1. The average Bonchev–Trinajstić information content (AvgIpc) is 2.79. The number of rotatable bonds is 7. The lowest BCUT2D eigenvalue weighted by Gasteiger charge is -2.13. The number of hydrogen-bond acceptors (Lipinski definition) is 4. The molecule has 1 amide bonds. The van der Waals surface area contributed by atoms with Crippen LogP contribution in [0.25, 0.3) is 6.08 Å². The Balaban J connectivity index is 1.67. The van der Waals surface area contributed by atoms with E-state index in [9.17, 15) is 26.4 Å². The highest BCUT2D eigenvalue weighted by atomic mass is 35.5. The summed E-state index contributed by atoms with van der Waals surface area (Å²) in [6.07, 6.45) is -1.83. The van der Waals surface area contributed by atoms with E-state index in [1.165, 1.54) is 30.3 Å². The average molecular weight is 511 g/mol. The topological polar surface area (TPSA) is 84.5 Å². The number of anilines is 2. The Morgan fingerprint density at radius 1 is 0.971 bits per heavy atom. The first-order chi connectivity index (χ1) is 16.0. The van der Waals surface area contributed by atoms with Crippen molar-refractivity contribution in [3.05, 3.63) is 89.0 Å². The number of hydrogen-bond donors (Lipinski definition) is 2. The summed E-state index contributed by atoms with van der Waals surface area (Å²) in [7, 11) is -2.64. The van der Waals surface area contributed by atoms with Crippen LogP contribution in [0.4, 0.5) is 24.5 Å². The number of halogens is 4. The minimum atomic E-state index is -4.74. The van der Waals surface area contributed by atoms with Gasteiger partial charge in [-0.2, -0.15) is 13.2 Å². The van der Waals surface area contributed by atoms with E-state index in [1.54, 1.807) is 37.5 Å². The molecule has 0 aliphatic rings. The van der Waals surface area contributed by atoms with E-state index in [0.717, 1.165) is 17.7 Å². The summed E-state index contributed by atoms with van der Waals surface area (Å²) in [5.74, 6) is 0.244. The summed E-state index contributed by atoms with van der Waals surface area (Å²) in [5.41, 5.74) is -0.346. The van der Waals surface area contributed by atoms with Crippen LogP contribution in [-0.2, 0) is 21.0 Å². The van der Waals surface area contributed by atoms with Crippen molar-refractivity contribution < 1.29 is 31.1 Å². The Morgan fingerprint density at radius 3 is 2.18 bits per heavy atom. The number of nitrogens with one attached hydrogen (secondary N) is 2. The first-order valence-electron chi connectivity index (χ1n) is 9.61. The monoisotopic (exact) mass is 510 g/mol. The zero-order valence-electron chi connectivity index (χ0n) is 17.6. The number of benzene rings is 3. The molecule has 0 spiro atoms. The van der Waals surface area contributed by atoms with Crippen LogP contribution in [0.3, 0.4) is 0 Å². The number of carbonyl (C=O) groups is 1. The molecule has 0 radical (unpaired) electrons. The molecule has 6 nitrogen and oxygen atoms in total. The van der Waals surface area contributed by atoms with Crippen LogP contribution in [0, 0.1) is 0 Å². The number of amides is 1. The van der Waals surface area contributed by atoms with Gasteiger partial charge in [-0.25, -0.2) is 8.42 Å². The van der Waals surface area contributed by atoms with E-state index < -0.39 is 32.7 Å². The van der Waals surface area contributed by atoms with Crippen molar-refractivity contribution in [1.82, 2.24) is 0 Å². The lowest BCUT2D eigenvalue weighted by Crippen LogP contribution is -2.14. The molecule has 178 valence electrons. The van der Waals surface area contributed by atoms with E-state index in [-0.39, 0.29) is 10.6 Å². The van der Waals surface area contributed by atoms with Gasteiger partial charge in [0.1, 0.15) is 5.75 Å². The van der Waals surface area contributed by atoms with Gasteiger partial charge in [0.25, 0.3) is 10.0 Å². The Hall–Kier alpha value is -3.50. The number of carbonyl (C=O) groups excluding carboxylic acids is 1. The van der Waals surface area contributed by atoms with Crippen molar-refractivity contribution in [2.75, 3.05) is 17.1 Å². The highest BCUT2D eigenvalue weighted by molar-refractivity contribution is 7.92. The molecular weight excluding hydrogens is 493 g/mol. The van der Waals surface area contributed by atoms with E-state index in [2.05, 4.69) is 10.0 Å².